The Morgan fingerprint density at radius 2 is 1.73 bits per heavy atom. The van der Waals surface area contributed by atoms with Crippen molar-refractivity contribution in [3.05, 3.63) is 52.6 Å². The van der Waals surface area contributed by atoms with Crippen LogP contribution in [-0.4, -0.2) is 11.9 Å². The zero-order valence-corrected chi connectivity index (χ0v) is 17.7. The summed E-state index contributed by atoms with van der Waals surface area (Å²) in [6.45, 7) is 0. The molecule has 2 aliphatic rings. The van der Waals surface area contributed by atoms with Crippen LogP contribution in [0.2, 0.25) is 0 Å². The van der Waals surface area contributed by atoms with Crippen molar-refractivity contribution in [2.45, 2.75) is 56.3 Å². The first-order valence-electron chi connectivity index (χ1n) is 10.4. The number of fused-ring (bicyclic) bond motifs is 2. The molecule has 0 radical (unpaired) electrons. The first-order chi connectivity index (χ1) is 14.6. The fraction of sp³-hybridized carbons (Fsp3) is 0.333. The number of amides is 3. The third-order valence-electron chi connectivity index (χ3n) is 5.59. The topological polar surface area (TPSA) is 70.2 Å². The minimum absolute atomic E-state index is 0.118. The van der Waals surface area contributed by atoms with Gasteiger partial charge in [0, 0.05) is 29.1 Å². The Labute approximate surface area is 181 Å². The third kappa shape index (κ3) is 4.63. The van der Waals surface area contributed by atoms with E-state index in [2.05, 4.69) is 27.3 Å². The lowest BCUT2D eigenvalue weighted by atomic mass is 9.99. The zero-order chi connectivity index (χ0) is 20.9. The quantitative estimate of drug-likeness (QED) is 0.463. The molecule has 0 heterocycles. The molecule has 0 bridgehead atoms. The number of aryl methyl sites for hydroxylation is 2. The molecule has 0 aliphatic heterocycles. The van der Waals surface area contributed by atoms with Crippen LogP contribution in [0, 0.1) is 12.3 Å². The molecule has 4 rings (SSSR count). The predicted molar refractivity (Wildman–Crippen MR) is 122 cm³/mol. The fourth-order valence-electron chi connectivity index (χ4n) is 4.26. The average Bonchev–Trinajstić information content (AvgIpc) is 3.40. The molecule has 0 spiro atoms. The molecule has 2 aliphatic carbocycles. The minimum atomic E-state index is -0.224. The van der Waals surface area contributed by atoms with Gasteiger partial charge in [0.2, 0.25) is 5.91 Å². The number of benzene rings is 2. The van der Waals surface area contributed by atoms with Crippen LogP contribution in [0.3, 0.4) is 0 Å². The highest BCUT2D eigenvalue weighted by molar-refractivity contribution is 7.98. The van der Waals surface area contributed by atoms with Crippen LogP contribution in [0.1, 0.15) is 47.9 Å². The van der Waals surface area contributed by atoms with Gasteiger partial charge in [0.25, 0.3) is 0 Å². The van der Waals surface area contributed by atoms with Crippen LogP contribution in [-0.2, 0) is 30.5 Å². The molecule has 0 unspecified atom stereocenters. The van der Waals surface area contributed by atoms with Crippen LogP contribution < -0.4 is 15.4 Å². The van der Waals surface area contributed by atoms with Crippen molar-refractivity contribution in [1.82, 2.24) is 4.72 Å². The Hall–Kier alpha value is -2.91. The number of nitrogens with one attached hydrogen (secondary N) is 3. The molecule has 0 saturated heterocycles. The summed E-state index contributed by atoms with van der Waals surface area (Å²) < 4.78 is 2.87. The number of carbonyl (C=O) groups excluding carboxylic acids is 2. The molecule has 0 atom stereocenters. The lowest BCUT2D eigenvalue weighted by molar-refractivity contribution is -0.116. The van der Waals surface area contributed by atoms with Crippen LogP contribution in [0.5, 0.6) is 0 Å². The number of urea groups is 1. The summed E-state index contributed by atoms with van der Waals surface area (Å²) >= 11 is 1.23. The summed E-state index contributed by atoms with van der Waals surface area (Å²) in [6, 6.07) is 9.50. The third-order valence-corrected chi connectivity index (χ3v) is 6.36. The minimum Gasteiger partial charge on any atom is -0.326 e. The number of rotatable bonds is 6. The fourth-order valence-corrected chi connectivity index (χ4v) is 4.85. The first kappa shape index (κ1) is 20.4. The number of carbonyl (C=O) groups is 2. The number of anilines is 2. The van der Waals surface area contributed by atoms with E-state index >= 15 is 0 Å². The molecule has 0 saturated carbocycles. The summed E-state index contributed by atoms with van der Waals surface area (Å²) in [6.07, 6.45) is 12.5. The standard InChI is InChI=1S/C24H25N3O2S/c1-2-3-13-22(28)25-18-9-6-10-19(15-18)30-27-24(29)26-23-20-11-4-7-16(20)14-17-8-5-12-21(17)23/h1,6,9-10,14-15H,3-5,7-8,11-13H2,(H,25,28)(H2,26,27,29). The molecule has 2 aromatic rings. The summed E-state index contributed by atoms with van der Waals surface area (Å²) in [5.74, 6) is 2.34. The van der Waals surface area contributed by atoms with Crippen LogP contribution >= 0.6 is 11.9 Å². The van der Waals surface area contributed by atoms with Crippen LogP contribution in [0.25, 0.3) is 0 Å². The summed E-state index contributed by atoms with van der Waals surface area (Å²) in [4.78, 5) is 25.3. The van der Waals surface area contributed by atoms with Gasteiger partial charge in [-0.3, -0.25) is 9.52 Å². The van der Waals surface area contributed by atoms with Crippen LogP contribution in [0.15, 0.2) is 35.2 Å². The molecule has 5 nitrogen and oxygen atoms in total. The van der Waals surface area contributed by atoms with Crippen molar-refractivity contribution in [2.24, 2.45) is 0 Å². The Morgan fingerprint density at radius 1 is 1.00 bits per heavy atom. The van der Waals surface area contributed by atoms with Crippen molar-refractivity contribution in [3.63, 3.8) is 0 Å². The summed E-state index contributed by atoms with van der Waals surface area (Å²) in [5, 5.41) is 5.95. The van der Waals surface area contributed by atoms with Gasteiger partial charge in [0.15, 0.2) is 0 Å². The van der Waals surface area contributed by atoms with E-state index in [1.165, 1.54) is 34.2 Å². The van der Waals surface area contributed by atoms with Crippen LogP contribution in [0.4, 0.5) is 16.2 Å². The average molecular weight is 420 g/mol. The van der Waals surface area contributed by atoms with E-state index in [1.807, 2.05) is 24.3 Å². The van der Waals surface area contributed by atoms with Crippen molar-refractivity contribution in [3.8, 4) is 12.3 Å². The van der Waals surface area contributed by atoms with Crippen molar-refractivity contribution < 1.29 is 9.59 Å². The molecule has 6 heteroatoms. The normalized spacial score (nSPS) is 13.8. The van der Waals surface area contributed by atoms with Gasteiger partial charge in [0.1, 0.15) is 0 Å². The van der Waals surface area contributed by atoms with Gasteiger partial charge in [-0.2, -0.15) is 0 Å². The Kier molecular flexibility index (Phi) is 6.29. The Balaban J connectivity index is 1.38. The zero-order valence-electron chi connectivity index (χ0n) is 16.8. The van der Waals surface area contributed by atoms with Gasteiger partial charge >= 0.3 is 6.03 Å². The monoisotopic (exact) mass is 419 g/mol. The van der Waals surface area contributed by atoms with Gasteiger partial charge in [-0.1, -0.05) is 12.1 Å². The SMILES string of the molecule is C#CCCC(=O)Nc1cccc(SNC(=O)Nc2c3c(cc4c2CCC4)CCC3)c1. The maximum atomic E-state index is 12.6. The highest BCUT2D eigenvalue weighted by atomic mass is 32.2. The largest absolute Gasteiger partial charge is 0.329 e. The van der Waals surface area contributed by atoms with Crippen molar-refractivity contribution >= 4 is 35.3 Å². The van der Waals surface area contributed by atoms with Gasteiger partial charge in [0.05, 0.1) is 0 Å². The van der Waals surface area contributed by atoms with Gasteiger partial charge in [-0.25, -0.2) is 4.79 Å². The summed E-state index contributed by atoms with van der Waals surface area (Å²) in [7, 11) is 0. The predicted octanol–water partition coefficient (Wildman–Crippen LogP) is 4.84. The highest BCUT2D eigenvalue weighted by Crippen LogP contribution is 2.38. The maximum absolute atomic E-state index is 12.6. The van der Waals surface area contributed by atoms with E-state index in [4.69, 9.17) is 6.42 Å². The van der Waals surface area contributed by atoms with Gasteiger partial charge in [-0.15, -0.1) is 12.3 Å². The second kappa shape index (κ2) is 9.27. The van der Waals surface area contributed by atoms with E-state index in [0.717, 1.165) is 49.1 Å². The van der Waals surface area contributed by atoms with Gasteiger partial charge < -0.3 is 10.6 Å². The van der Waals surface area contributed by atoms with Crippen molar-refractivity contribution in [2.75, 3.05) is 10.6 Å². The molecule has 3 amide bonds. The molecule has 2 aromatic carbocycles. The Morgan fingerprint density at radius 3 is 2.43 bits per heavy atom. The Bertz CT molecular complexity index is 994. The number of hydrogen-bond acceptors (Lipinski definition) is 3. The second-order valence-electron chi connectivity index (χ2n) is 7.67. The molecule has 0 aromatic heterocycles. The highest BCUT2D eigenvalue weighted by Gasteiger charge is 2.24. The van der Waals surface area contributed by atoms with E-state index in [-0.39, 0.29) is 11.9 Å². The smallest absolute Gasteiger partial charge is 0.326 e. The van der Waals surface area contributed by atoms with E-state index in [1.54, 1.807) is 0 Å². The first-order valence-corrected chi connectivity index (χ1v) is 11.2. The number of hydrogen-bond donors (Lipinski definition) is 3. The number of terminal acetylenes is 1. The lowest BCUT2D eigenvalue weighted by Crippen LogP contribution is -2.24. The van der Waals surface area contributed by atoms with E-state index in [9.17, 15) is 9.59 Å². The van der Waals surface area contributed by atoms with Gasteiger partial charge in [-0.05, 0) is 90.9 Å². The second-order valence-corrected chi connectivity index (χ2v) is 8.55. The van der Waals surface area contributed by atoms with E-state index in [0.29, 0.717) is 18.5 Å². The maximum Gasteiger partial charge on any atom is 0.329 e. The van der Waals surface area contributed by atoms with E-state index < -0.39 is 0 Å². The molecule has 154 valence electrons. The lowest BCUT2D eigenvalue weighted by Gasteiger charge is -2.16. The molecule has 30 heavy (non-hydrogen) atoms. The molecular formula is C24H25N3O2S. The van der Waals surface area contributed by atoms with Crippen molar-refractivity contribution in [1.29, 1.82) is 0 Å². The molecule has 0 fully saturated rings. The molecule has 3 N–H and O–H groups in total. The molecular weight excluding hydrogens is 394 g/mol. The summed E-state index contributed by atoms with van der Waals surface area (Å²) in [5.41, 5.74) is 7.13.